The van der Waals surface area contributed by atoms with Gasteiger partial charge in [0, 0.05) is 13.1 Å². The number of nitrogens with zero attached hydrogens (tertiary/aromatic N) is 1. The third-order valence-electron chi connectivity index (χ3n) is 0.913. The van der Waals surface area contributed by atoms with Crippen LogP contribution >= 0.6 is 24.8 Å². The number of thiocarbonyl (C=S) groups is 1. The smallest absolute Gasteiger partial charge is 0.241 e. The average molecular weight is 165 g/mol. The molecule has 0 radical (unpaired) electrons. The molecule has 0 amide bonds. The normalized spacial score (nSPS) is 9.78. The highest BCUT2D eigenvalue weighted by Gasteiger charge is 1.98. The van der Waals surface area contributed by atoms with Gasteiger partial charge in [-0.15, -0.1) is 5.06 Å². The van der Waals surface area contributed by atoms with E-state index in [9.17, 15) is 0 Å². The van der Waals surface area contributed by atoms with E-state index < -0.39 is 0 Å². The lowest BCUT2D eigenvalue weighted by Gasteiger charge is -2.16. The zero-order chi connectivity index (χ0) is 7.28. The summed E-state index contributed by atoms with van der Waals surface area (Å²) < 4.78 is 0.277. The minimum atomic E-state index is 0.277. The van der Waals surface area contributed by atoms with Crippen LogP contribution in [0.2, 0.25) is 0 Å². The zero-order valence-corrected chi connectivity index (χ0v) is 7.34. The molecule has 0 aromatic heterocycles. The molecule has 0 rings (SSSR count). The largest absolute Gasteiger partial charge is 0.387 e. The van der Waals surface area contributed by atoms with Crippen molar-refractivity contribution in [2.45, 2.75) is 13.8 Å². The summed E-state index contributed by atoms with van der Waals surface area (Å²) in [4.78, 5) is 4.98. The molecule has 0 aliphatic heterocycles. The summed E-state index contributed by atoms with van der Waals surface area (Å²) in [5, 5.41) is 1.73. The van der Waals surface area contributed by atoms with Gasteiger partial charge in [0.15, 0.2) is 0 Å². The van der Waals surface area contributed by atoms with E-state index >= 15 is 0 Å². The Labute approximate surface area is 66.5 Å². The maximum Gasteiger partial charge on any atom is 0.241 e. The number of hydrogen-bond donors (Lipinski definition) is 1. The first-order valence-corrected chi connectivity index (χ1v) is 3.72. The van der Waals surface area contributed by atoms with Gasteiger partial charge < -0.3 is 4.84 Å². The number of hydroxylamine groups is 2. The SMILES string of the molecule is CCN(CC)OC(=S)S. The van der Waals surface area contributed by atoms with E-state index in [4.69, 9.17) is 4.84 Å². The van der Waals surface area contributed by atoms with Crippen LogP contribution in [0.5, 0.6) is 0 Å². The Morgan fingerprint density at radius 3 is 2.11 bits per heavy atom. The van der Waals surface area contributed by atoms with Crippen molar-refractivity contribution in [1.29, 1.82) is 0 Å². The molecule has 0 aliphatic carbocycles. The molecule has 0 atom stereocenters. The second-order valence-corrected chi connectivity index (χ2v) is 2.55. The Morgan fingerprint density at radius 1 is 1.56 bits per heavy atom. The fraction of sp³-hybridized carbons (Fsp3) is 0.800. The van der Waals surface area contributed by atoms with Crippen molar-refractivity contribution in [2.24, 2.45) is 0 Å². The Morgan fingerprint density at radius 2 is 2.00 bits per heavy atom. The molecule has 0 N–H and O–H groups in total. The molecule has 54 valence electrons. The Balaban J connectivity index is 3.43. The molecule has 4 heteroatoms. The van der Waals surface area contributed by atoms with Crippen molar-refractivity contribution in [2.75, 3.05) is 13.1 Å². The van der Waals surface area contributed by atoms with Gasteiger partial charge in [-0.3, -0.25) is 0 Å². The van der Waals surface area contributed by atoms with Gasteiger partial charge in [-0.05, 0) is 26.1 Å². The van der Waals surface area contributed by atoms with Crippen LogP contribution in [0.15, 0.2) is 0 Å². The lowest BCUT2D eigenvalue weighted by molar-refractivity contribution is -0.0556. The Bertz CT molecular complexity index is 93.0. The summed E-state index contributed by atoms with van der Waals surface area (Å²) >= 11 is 8.42. The average Bonchev–Trinajstić information content (AvgIpc) is 1.82. The summed E-state index contributed by atoms with van der Waals surface area (Å²) in [6.07, 6.45) is 0. The van der Waals surface area contributed by atoms with Crippen molar-refractivity contribution in [3.05, 3.63) is 0 Å². The summed E-state index contributed by atoms with van der Waals surface area (Å²) in [5.74, 6) is 0. The molecule has 0 aromatic carbocycles. The minimum Gasteiger partial charge on any atom is -0.387 e. The van der Waals surface area contributed by atoms with E-state index in [1.165, 1.54) is 0 Å². The molecule has 0 aromatic rings. The van der Waals surface area contributed by atoms with E-state index in [1.54, 1.807) is 5.06 Å². The molecule has 0 spiro atoms. The van der Waals surface area contributed by atoms with Gasteiger partial charge in [-0.2, -0.15) is 0 Å². The molecular formula is C5H11NOS2. The van der Waals surface area contributed by atoms with Gasteiger partial charge in [0.2, 0.25) is 4.38 Å². The molecule has 0 aliphatic rings. The number of thiol groups is 1. The first kappa shape index (κ1) is 9.20. The van der Waals surface area contributed by atoms with Crippen LogP contribution < -0.4 is 0 Å². The fourth-order valence-corrected chi connectivity index (χ4v) is 0.684. The van der Waals surface area contributed by atoms with Gasteiger partial charge >= 0.3 is 0 Å². The van der Waals surface area contributed by atoms with E-state index in [0.29, 0.717) is 0 Å². The van der Waals surface area contributed by atoms with Crippen LogP contribution in [0, 0.1) is 0 Å². The van der Waals surface area contributed by atoms with Gasteiger partial charge in [-0.1, -0.05) is 12.6 Å². The minimum absolute atomic E-state index is 0.277. The second-order valence-electron chi connectivity index (χ2n) is 1.47. The van der Waals surface area contributed by atoms with Crippen LogP contribution in [-0.2, 0) is 4.84 Å². The number of hydrogen-bond acceptors (Lipinski definition) is 3. The van der Waals surface area contributed by atoms with Crippen molar-refractivity contribution in [3.8, 4) is 0 Å². The summed E-state index contributed by atoms with van der Waals surface area (Å²) in [6, 6.07) is 0. The van der Waals surface area contributed by atoms with Crippen molar-refractivity contribution < 1.29 is 4.84 Å². The van der Waals surface area contributed by atoms with E-state index in [1.807, 2.05) is 13.8 Å². The molecule has 9 heavy (non-hydrogen) atoms. The van der Waals surface area contributed by atoms with Crippen molar-refractivity contribution >= 4 is 29.2 Å². The highest BCUT2D eigenvalue weighted by atomic mass is 32.1. The fourth-order valence-electron chi connectivity index (χ4n) is 0.463. The van der Waals surface area contributed by atoms with Gasteiger partial charge in [0.05, 0.1) is 0 Å². The zero-order valence-electron chi connectivity index (χ0n) is 5.63. The first-order chi connectivity index (χ1) is 4.20. The summed E-state index contributed by atoms with van der Waals surface area (Å²) in [7, 11) is 0. The molecule has 0 fully saturated rings. The van der Waals surface area contributed by atoms with Gasteiger partial charge in [-0.25, -0.2) is 0 Å². The lowest BCUT2D eigenvalue weighted by atomic mass is 10.6. The maximum absolute atomic E-state index is 4.98. The maximum atomic E-state index is 4.98. The highest BCUT2D eigenvalue weighted by Crippen LogP contribution is 1.93. The Kier molecular flexibility index (Phi) is 5.13. The van der Waals surface area contributed by atoms with Crippen LogP contribution in [0.4, 0.5) is 0 Å². The quantitative estimate of drug-likeness (QED) is 0.386. The summed E-state index contributed by atoms with van der Waals surface area (Å²) in [5.41, 5.74) is 0. The Hall–Kier alpha value is 0.200. The van der Waals surface area contributed by atoms with Crippen LogP contribution in [0.25, 0.3) is 0 Å². The molecule has 0 unspecified atom stereocenters. The monoisotopic (exact) mass is 165 g/mol. The van der Waals surface area contributed by atoms with Crippen molar-refractivity contribution in [1.82, 2.24) is 5.06 Å². The second kappa shape index (κ2) is 5.02. The van der Waals surface area contributed by atoms with E-state index in [0.717, 1.165) is 13.1 Å². The summed E-state index contributed by atoms with van der Waals surface area (Å²) in [6.45, 7) is 5.65. The molecule has 0 saturated carbocycles. The van der Waals surface area contributed by atoms with Crippen molar-refractivity contribution in [3.63, 3.8) is 0 Å². The lowest BCUT2D eigenvalue weighted by Crippen LogP contribution is -2.24. The molecule has 0 heterocycles. The molecule has 2 nitrogen and oxygen atoms in total. The van der Waals surface area contributed by atoms with Crippen LogP contribution in [-0.4, -0.2) is 22.5 Å². The third-order valence-corrected chi connectivity index (χ3v) is 1.07. The number of rotatable bonds is 3. The van der Waals surface area contributed by atoms with Crippen LogP contribution in [0.1, 0.15) is 13.8 Å². The van der Waals surface area contributed by atoms with E-state index in [-0.39, 0.29) is 4.38 Å². The molecular weight excluding hydrogens is 154 g/mol. The standard InChI is InChI=1S/C5H11NOS2/c1-3-6(4-2)7-5(8)9/h3-4H2,1-2H3,(H,8,9). The predicted molar refractivity (Wildman–Crippen MR) is 45.6 cm³/mol. The molecule has 0 saturated heterocycles. The topological polar surface area (TPSA) is 12.5 Å². The first-order valence-electron chi connectivity index (χ1n) is 2.86. The van der Waals surface area contributed by atoms with E-state index in [2.05, 4.69) is 24.8 Å². The third kappa shape index (κ3) is 4.69. The molecule has 0 bridgehead atoms. The van der Waals surface area contributed by atoms with Gasteiger partial charge in [0.25, 0.3) is 0 Å². The van der Waals surface area contributed by atoms with Gasteiger partial charge in [0.1, 0.15) is 0 Å². The highest BCUT2D eigenvalue weighted by molar-refractivity contribution is 8.10. The predicted octanol–water partition coefficient (Wildman–Crippen LogP) is 1.47. The van der Waals surface area contributed by atoms with Crippen LogP contribution in [0.3, 0.4) is 0 Å².